The van der Waals surface area contributed by atoms with Gasteiger partial charge in [0.15, 0.2) is 6.10 Å². The van der Waals surface area contributed by atoms with Crippen molar-refractivity contribution in [2.75, 3.05) is 0 Å². The SMILES string of the molecule is CC(=O)OC1c2ccccc2CCC1[N+](=O)[O-]. The van der Waals surface area contributed by atoms with Crippen molar-refractivity contribution in [3.8, 4) is 0 Å². The lowest BCUT2D eigenvalue weighted by atomic mass is 9.86. The number of benzene rings is 1. The Morgan fingerprint density at radius 2 is 2.18 bits per heavy atom. The third kappa shape index (κ3) is 2.27. The number of nitrogens with zero attached hydrogens (tertiary/aromatic N) is 1. The predicted molar refractivity (Wildman–Crippen MR) is 60.1 cm³/mol. The van der Waals surface area contributed by atoms with Crippen LogP contribution in [0.2, 0.25) is 0 Å². The van der Waals surface area contributed by atoms with Crippen LogP contribution in [-0.2, 0) is 16.0 Å². The highest BCUT2D eigenvalue weighted by Crippen LogP contribution is 2.34. The van der Waals surface area contributed by atoms with E-state index < -0.39 is 18.1 Å². The minimum absolute atomic E-state index is 0.358. The van der Waals surface area contributed by atoms with Crippen LogP contribution in [0.4, 0.5) is 0 Å². The molecule has 0 N–H and O–H groups in total. The largest absolute Gasteiger partial charge is 0.450 e. The summed E-state index contributed by atoms with van der Waals surface area (Å²) in [7, 11) is 0. The van der Waals surface area contributed by atoms with Crippen molar-refractivity contribution in [2.45, 2.75) is 31.9 Å². The summed E-state index contributed by atoms with van der Waals surface area (Å²) >= 11 is 0. The summed E-state index contributed by atoms with van der Waals surface area (Å²) in [5.41, 5.74) is 1.78. The molecule has 1 aliphatic carbocycles. The Kier molecular flexibility index (Phi) is 3.08. The lowest BCUT2D eigenvalue weighted by Gasteiger charge is -2.27. The van der Waals surface area contributed by atoms with Crippen molar-refractivity contribution in [1.29, 1.82) is 0 Å². The Morgan fingerprint density at radius 1 is 1.47 bits per heavy atom. The zero-order valence-electron chi connectivity index (χ0n) is 9.46. The Balaban J connectivity index is 2.38. The van der Waals surface area contributed by atoms with Crippen LogP contribution in [0.15, 0.2) is 24.3 Å². The van der Waals surface area contributed by atoms with Crippen LogP contribution in [0.5, 0.6) is 0 Å². The second kappa shape index (κ2) is 4.53. The van der Waals surface area contributed by atoms with Gasteiger partial charge in [-0.2, -0.15) is 0 Å². The van der Waals surface area contributed by atoms with E-state index in [4.69, 9.17) is 4.74 Å². The first kappa shape index (κ1) is 11.6. The van der Waals surface area contributed by atoms with Gasteiger partial charge in [0, 0.05) is 23.8 Å². The molecule has 1 aromatic carbocycles. The Hall–Kier alpha value is -1.91. The van der Waals surface area contributed by atoms with Gasteiger partial charge in [0.05, 0.1) is 0 Å². The molecule has 0 spiro atoms. The molecule has 0 aromatic heterocycles. The Bertz CT molecular complexity index is 458. The van der Waals surface area contributed by atoms with E-state index in [0.717, 1.165) is 11.1 Å². The average molecular weight is 235 g/mol. The number of nitro groups is 1. The standard InChI is InChI=1S/C12H13NO4/c1-8(14)17-12-10-5-3-2-4-9(10)6-7-11(12)13(15)16/h2-5,11-12H,6-7H2,1H3. The fourth-order valence-electron chi connectivity index (χ4n) is 2.24. The van der Waals surface area contributed by atoms with Crippen molar-refractivity contribution in [3.05, 3.63) is 45.5 Å². The van der Waals surface area contributed by atoms with Crippen LogP contribution in [0.1, 0.15) is 30.6 Å². The number of rotatable bonds is 2. The normalized spacial score (nSPS) is 22.6. The second-order valence-electron chi connectivity index (χ2n) is 4.12. The highest BCUT2D eigenvalue weighted by molar-refractivity contribution is 5.66. The van der Waals surface area contributed by atoms with Crippen molar-refractivity contribution >= 4 is 5.97 Å². The van der Waals surface area contributed by atoms with E-state index in [1.54, 1.807) is 12.1 Å². The zero-order valence-corrected chi connectivity index (χ0v) is 9.46. The quantitative estimate of drug-likeness (QED) is 0.446. The fraction of sp³-hybridized carbons (Fsp3) is 0.417. The summed E-state index contributed by atoms with van der Waals surface area (Å²) in [6, 6.07) is 6.56. The van der Waals surface area contributed by atoms with E-state index >= 15 is 0 Å². The predicted octanol–water partition coefficient (Wildman–Crippen LogP) is 1.88. The summed E-state index contributed by atoms with van der Waals surface area (Å²) in [5, 5.41) is 11.0. The number of aryl methyl sites for hydroxylation is 1. The maximum Gasteiger partial charge on any atom is 0.303 e. The molecule has 0 aliphatic heterocycles. The van der Waals surface area contributed by atoms with Crippen LogP contribution in [0, 0.1) is 10.1 Å². The molecular weight excluding hydrogens is 222 g/mol. The average Bonchev–Trinajstić information content (AvgIpc) is 2.28. The van der Waals surface area contributed by atoms with Gasteiger partial charge >= 0.3 is 5.97 Å². The molecule has 0 amide bonds. The van der Waals surface area contributed by atoms with Gasteiger partial charge < -0.3 is 4.74 Å². The third-order valence-corrected chi connectivity index (χ3v) is 2.98. The molecule has 0 bridgehead atoms. The minimum atomic E-state index is -0.839. The number of hydrogen-bond acceptors (Lipinski definition) is 4. The second-order valence-corrected chi connectivity index (χ2v) is 4.12. The van der Waals surface area contributed by atoms with Gasteiger partial charge in [-0.1, -0.05) is 24.3 Å². The van der Waals surface area contributed by atoms with Gasteiger partial charge in [-0.15, -0.1) is 0 Å². The van der Waals surface area contributed by atoms with E-state index in [9.17, 15) is 14.9 Å². The summed E-state index contributed by atoms with van der Waals surface area (Å²) in [6.07, 6.45) is 0.300. The number of carbonyl (C=O) groups excluding carboxylic acids is 1. The molecule has 5 nitrogen and oxygen atoms in total. The van der Waals surface area contributed by atoms with E-state index in [1.165, 1.54) is 6.92 Å². The zero-order chi connectivity index (χ0) is 12.4. The van der Waals surface area contributed by atoms with E-state index in [-0.39, 0.29) is 4.92 Å². The molecule has 2 atom stereocenters. The number of esters is 1. The van der Waals surface area contributed by atoms with Crippen molar-refractivity contribution in [3.63, 3.8) is 0 Å². The summed E-state index contributed by atoms with van der Waals surface area (Å²) in [6.45, 7) is 1.27. The number of ether oxygens (including phenoxy) is 1. The molecule has 17 heavy (non-hydrogen) atoms. The molecule has 0 fully saturated rings. The van der Waals surface area contributed by atoms with Crippen molar-refractivity contribution < 1.29 is 14.5 Å². The Morgan fingerprint density at radius 3 is 2.82 bits per heavy atom. The molecule has 0 heterocycles. The van der Waals surface area contributed by atoms with E-state index in [0.29, 0.717) is 12.8 Å². The molecule has 2 unspecified atom stereocenters. The van der Waals surface area contributed by atoms with Gasteiger partial charge in [0.25, 0.3) is 6.04 Å². The molecule has 90 valence electrons. The van der Waals surface area contributed by atoms with Crippen LogP contribution < -0.4 is 0 Å². The van der Waals surface area contributed by atoms with Crippen LogP contribution in [-0.4, -0.2) is 16.9 Å². The van der Waals surface area contributed by atoms with Crippen LogP contribution >= 0.6 is 0 Å². The first-order chi connectivity index (χ1) is 8.09. The molecule has 5 heteroatoms. The van der Waals surface area contributed by atoms with Crippen LogP contribution in [0.25, 0.3) is 0 Å². The van der Waals surface area contributed by atoms with Gasteiger partial charge in [0.2, 0.25) is 0 Å². The topological polar surface area (TPSA) is 69.4 Å². The molecule has 0 radical (unpaired) electrons. The highest BCUT2D eigenvalue weighted by atomic mass is 16.6. The monoisotopic (exact) mass is 235 g/mol. The fourth-order valence-corrected chi connectivity index (χ4v) is 2.24. The third-order valence-electron chi connectivity index (χ3n) is 2.98. The summed E-state index contributed by atoms with van der Waals surface area (Å²) in [5.74, 6) is -0.487. The van der Waals surface area contributed by atoms with Crippen molar-refractivity contribution in [2.24, 2.45) is 0 Å². The molecule has 1 aliphatic rings. The number of carbonyl (C=O) groups is 1. The first-order valence-electron chi connectivity index (χ1n) is 5.48. The molecular formula is C12H13NO4. The maximum absolute atomic E-state index is 11.0. The lowest BCUT2D eigenvalue weighted by molar-refractivity contribution is -0.537. The Labute approximate surface area is 98.5 Å². The van der Waals surface area contributed by atoms with Crippen molar-refractivity contribution in [1.82, 2.24) is 0 Å². The van der Waals surface area contributed by atoms with Gasteiger partial charge in [0.1, 0.15) is 0 Å². The van der Waals surface area contributed by atoms with E-state index in [2.05, 4.69) is 0 Å². The number of fused-ring (bicyclic) bond motifs is 1. The molecule has 0 saturated heterocycles. The van der Waals surface area contributed by atoms with Crippen LogP contribution in [0.3, 0.4) is 0 Å². The minimum Gasteiger partial charge on any atom is -0.450 e. The molecule has 0 saturated carbocycles. The summed E-state index contributed by atoms with van der Waals surface area (Å²) in [4.78, 5) is 21.7. The molecule has 1 aromatic rings. The van der Waals surface area contributed by atoms with Gasteiger partial charge in [-0.05, 0) is 12.0 Å². The smallest absolute Gasteiger partial charge is 0.303 e. The van der Waals surface area contributed by atoms with E-state index in [1.807, 2.05) is 12.1 Å². The van der Waals surface area contributed by atoms with Gasteiger partial charge in [-0.3, -0.25) is 14.9 Å². The maximum atomic E-state index is 11.0. The lowest BCUT2D eigenvalue weighted by Crippen LogP contribution is -2.34. The molecule has 2 rings (SSSR count). The number of hydrogen-bond donors (Lipinski definition) is 0. The highest BCUT2D eigenvalue weighted by Gasteiger charge is 2.39. The first-order valence-corrected chi connectivity index (χ1v) is 5.48. The van der Waals surface area contributed by atoms with Gasteiger partial charge in [-0.25, -0.2) is 0 Å². The summed E-state index contributed by atoms with van der Waals surface area (Å²) < 4.78 is 5.11.